The molecular formula is C9H6N4O. The predicted molar refractivity (Wildman–Crippen MR) is 49.5 cm³/mol. The van der Waals surface area contributed by atoms with E-state index in [2.05, 4.69) is 10.1 Å². The predicted octanol–water partition coefficient (Wildman–Crippen LogP) is 0.200. The maximum Gasteiger partial charge on any atom is 0.276 e. The lowest BCUT2D eigenvalue weighted by atomic mass is 10.2. The minimum Gasteiger partial charge on any atom is -0.267 e. The Hall–Kier alpha value is -2.22. The summed E-state index contributed by atoms with van der Waals surface area (Å²) in [5.74, 6) is 0. The molecule has 0 aliphatic carbocycles. The van der Waals surface area contributed by atoms with Crippen LogP contribution in [0.3, 0.4) is 0 Å². The van der Waals surface area contributed by atoms with Crippen molar-refractivity contribution in [2.45, 2.75) is 0 Å². The molecule has 0 unspecified atom stereocenters. The van der Waals surface area contributed by atoms with Gasteiger partial charge in [0.25, 0.3) is 5.56 Å². The standard InChI is InChI=1S/C9H6N4O/c1-13-9(14)7-5-11-3-2-6(7)8(4-10)12-13/h2-3,5H,1H3. The van der Waals surface area contributed by atoms with E-state index in [4.69, 9.17) is 5.26 Å². The van der Waals surface area contributed by atoms with E-state index in [9.17, 15) is 4.79 Å². The van der Waals surface area contributed by atoms with Crippen molar-refractivity contribution < 1.29 is 0 Å². The summed E-state index contributed by atoms with van der Waals surface area (Å²) >= 11 is 0. The van der Waals surface area contributed by atoms with Crippen LogP contribution in [0.5, 0.6) is 0 Å². The Morgan fingerprint density at radius 3 is 3.00 bits per heavy atom. The average Bonchev–Trinajstić information content (AvgIpc) is 2.23. The van der Waals surface area contributed by atoms with Crippen molar-refractivity contribution in [2.75, 3.05) is 0 Å². The molecule has 0 aliphatic heterocycles. The molecule has 0 amide bonds. The quantitative estimate of drug-likeness (QED) is 0.589. The van der Waals surface area contributed by atoms with Crippen LogP contribution in [-0.4, -0.2) is 14.8 Å². The molecule has 0 aliphatic rings. The molecule has 2 aromatic heterocycles. The van der Waals surface area contributed by atoms with Crippen molar-refractivity contribution in [2.24, 2.45) is 7.05 Å². The zero-order valence-corrected chi connectivity index (χ0v) is 7.43. The summed E-state index contributed by atoms with van der Waals surface area (Å²) in [6.07, 6.45) is 2.98. The Morgan fingerprint density at radius 1 is 1.50 bits per heavy atom. The highest BCUT2D eigenvalue weighted by Gasteiger charge is 2.06. The molecular weight excluding hydrogens is 180 g/mol. The number of fused-ring (bicyclic) bond motifs is 1. The Kier molecular flexibility index (Phi) is 1.75. The second-order valence-electron chi connectivity index (χ2n) is 2.81. The zero-order valence-electron chi connectivity index (χ0n) is 7.43. The number of aromatic nitrogens is 3. The minimum absolute atomic E-state index is 0.240. The summed E-state index contributed by atoms with van der Waals surface area (Å²) in [5, 5.41) is 13.6. The number of pyridine rings is 1. The topological polar surface area (TPSA) is 71.6 Å². The van der Waals surface area contributed by atoms with Crippen LogP contribution in [0.1, 0.15) is 5.69 Å². The smallest absolute Gasteiger partial charge is 0.267 e. The van der Waals surface area contributed by atoms with Crippen LogP contribution in [0.25, 0.3) is 10.8 Å². The van der Waals surface area contributed by atoms with Gasteiger partial charge in [-0.15, -0.1) is 0 Å². The molecule has 0 fully saturated rings. The van der Waals surface area contributed by atoms with E-state index in [1.165, 1.54) is 19.4 Å². The van der Waals surface area contributed by atoms with E-state index >= 15 is 0 Å². The lowest BCUT2D eigenvalue weighted by Gasteiger charge is -2.00. The highest BCUT2D eigenvalue weighted by molar-refractivity contribution is 5.84. The van der Waals surface area contributed by atoms with E-state index in [0.717, 1.165) is 4.68 Å². The van der Waals surface area contributed by atoms with Crippen molar-refractivity contribution in [1.82, 2.24) is 14.8 Å². The van der Waals surface area contributed by atoms with Gasteiger partial charge in [0.1, 0.15) is 6.07 Å². The van der Waals surface area contributed by atoms with Crippen LogP contribution in [-0.2, 0) is 7.05 Å². The van der Waals surface area contributed by atoms with Gasteiger partial charge in [0.2, 0.25) is 0 Å². The van der Waals surface area contributed by atoms with Crippen LogP contribution >= 0.6 is 0 Å². The van der Waals surface area contributed by atoms with Crippen LogP contribution in [0.2, 0.25) is 0 Å². The molecule has 2 rings (SSSR count). The van der Waals surface area contributed by atoms with Crippen LogP contribution in [0.15, 0.2) is 23.3 Å². The van der Waals surface area contributed by atoms with E-state index in [0.29, 0.717) is 10.8 Å². The molecule has 0 radical (unpaired) electrons. The van der Waals surface area contributed by atoms with Crippen molar-refractivity contribution in [3.8, 4) is 6.07 Å². The van der Waals surface area contributed by atoms with E-state index < -0.39 is 0 Å². The molecule has 0 N–H and O–H groups in total. The summed E-state index contributed by atoms with van der Waals surface area (Å²) in [4.78, 5) is 15.4. The molecule has 68 valence electrons. The van der Waals surface area contributed by atoms with Gasteiger partial charge in [-0.2, -0.15) is 10.4 Å². The summed E-state index contributed by atoms with van der Waals surface area (Å²) in [6, 6.07) is 3.55. The molecule has 0 saturated carbocycles. The van der Waals surface area contributed by atoms with Gasteiger partial charge in [0.05, 0.1) is 5.39 Å². The number of hydrogen-bond donors (Lipinski definition) is 0. The van der Waals surface area contributed by atoms with Gasteiger partial charge in [0.15, 0.2) is 5.69 Å². The van der Waals surface area contributed by atoms with Crippen LogP contribution < -0.4 is 5.56 Å². The molecule has 0 atom stereocenters. The highest BCUT2D eigenvalue weighted by Crippen LogP contribution is 2.09. The second-order valence-corrected chi connectivity index (χ2v) is 2.81. The molecule has 0 saturated heterocycles. The van der Waals surface area contributed by atoms with Gasteiger partial charge in [-0.1, -0.05) is 0 Å². The number of aryl methyl sites for hydroxylation is 1. The molecule has 5 nitrogen and oxygen atoms in total. The van der Waals surface area contributed by atoms with Gasteiger partial charge < -0.3 is 0 Å². The summed E-state index contributed by atoms with van der Waals surface area (Å²) < 4.78 is 1.14. The van der Waals surface area contributed by atoms with Crippen LogP contribution in [0.4, 0.5) is 0 Å². The molecule has 0 spiro atoms. The first kappa shape index (κ1) is 8.38. The SMILES string of the molecule is Cn1nc(C#N)c2ccncc2c1=O. The lowest BCUT2D eigenvalue weighted by molar-refractivity contribution is 0.712. The van der Waals surface area contributed by atoms with E-state index in [1.54, 1.807) is 6.07 Å². The Morgan fingerprint density at radius 2 is 2.29 bits per heavy atom. The number of nitriles is 1. The number of rotatable bonds is 0. The fourth-order valence-electron chi connectivity index (χ4n) is 1.28. The van der Waals surface area contributed by atoms with Crippen molar-refractivity contribution in [3.05, 3.63) is 34.5 Å². The maximum absolute atomic E-state index is 11.5. The molecule has 0 aromatic carbocycles. The molecule has 2 heterocycles. The van der Waals surface area contributed by atoms with Crippen molar-refractivity contribution in [1.29, 1.82) is 5.26 Å². The second kappa shape index (κ2) is 2.92. The minimum atomic E-state index is -0.243. The first-order chi connectivity index (χ1) is 6.74. The fourth-order valence-corrected chi connectivity index (χ4v) is 1.28. The summed E-state index contributed by atoms with van der Waals surface area (Å²) in [7, 11) is 1.51. The average molecular weight is 186 g/mol. The van der Waals surface area contributed by atoms with Gasteiger partial charge in [-0.3, -0.25) is 9.78 Å². The van der Waals surface area contributed by atoms with E-state index in [-0.39, 0.29) is 11.3 Å². The largest absolute Gasteiger partial charge is 0.276 e. The molecule has 0 bridgehead atoms. The third-order valence-corrected chi connectivity index (χ3v) is 1.96. The Bertz CT molecular complexity index is 594. The Balaban J connectivity index is 3.07. The normalized spacial score (nSPS) is 10.0. The number of hydrogen-bond acceptors (Lipinski definition) is 4. The van der Waals surface area contributed by atoms with Crippen molar-refractivity contribution >= 4 is 10.8 Å². The Labute approximate surface area is 79.2 Å². The molecule has 5 heteroatoms. The summed E-state index contributed by atoms with van der Waals surface area (Å²) in [5.41, 5.74) is -0.00315. The third kappa shape index (κ3) is 1.05. The van der Waals surface area contributed by atoms with Gasteiger partial charge in [-0.05, 0) is 6.07 Å². The van der Waals surface area contributed by atoms with Gasteiger partial charge in [0, 0.05) is 24.8 Å². The number of nitrogens with zero attached hydrogens (tertiary/aromatic N) is 4. The monoisotopic (exact) mass is 186 g/mol. The zero-order chi connectivity index (χ0) is 10.1. The third-order valence-electron chi connectivity index (χ3n) is 1.96. The molecule has 2 aromatic rings. The first-order valence-corrected chi connectivity index (χ1v) is 3.95. The summed E-state index contributed by atoms with van der Waals surface area (Å²) in [6.45, 7) is 0. The van der Waals surface area contributed by atoms with Crippen LogP contribution in [0, 0.1) is 11.3 Å². The van der Waals surface area contributed by atoms with E-state index in [1.807, 2.05) is 6.07 Å². The van der Waals surface area contributed by atoms with Crippen molar-refractivity contribution in [3.63, 3.8) is 0 Å². The first-order valence-electron chi connectivity index (χ1n) is 3.95. The maximum atomic E-state index is 11.5. The highest BCUT2D eigenvalue weighted by atomic mass is 16.1. The van der Waals surface area contributed by atoms with Gasteiger partial charge in [-0.25, -0.2) is 4.68 Å². The molecule has 14 heavy (non-hydrogen) atoms. The lowest BCUT2D eigenvalue weighted by Crippen LogP contribution is -2.20. The fraction of sp³-hybridized carbons (Fsp3) is 0.111. The van der Waals surface area contributed by atoms with Gasteiger partial charge >= 0.3 is 0 Å².